The summed E-state index contributed by atoms with van der Waals surface area (Å²) in [6.07, 6.45) is 1.30. The Labute approximate surface area is 65.3 Å². The first-order chi connectivity index (χ1) is 5.11. The average molecular weight is 147 g/mol. The van der Waals surface area contributed by atoms with Gasteiger partial charge in [0.05, 0.1) is 0 Å². The molecule has 4 nitrogen and oxygen atoms in total. The van der Waals surface area contributed by atoms with Crippen molar-refractivity contribution in [3.05, 3.63) is 11.9 Å². The van der Waals surface area contributed by atoms with E-state index in [1.807, 2.05) is 0 Å². The minimum Gasteiger partial charge on any atom is -0.382 e. The van der Waals surface area contributed by atoms with Gasteiger partial charge < -0.3 is 5.73 Å². The highest BCUT2D eigenvalue weighted by Crippen LogP contribution is 2.01. The fraction of sp³-hybridized carbons (Fsp3) is 0.167. The first-order valence-corrected chi connectivity index (χ1v) is 3.00. The molecule has 0 aromatic carbocycles. The summed E-state index contributed by atoms with van der Waals surface area (Å²) in [6, 6.07) is 0. The van der Waals surface area contributed by atoms with Crippen LogP contribution in [0.1, 0.15) is 17.4 Å². The minimum atomic E-state index is -0.213. The standard InChI is InChI=1S/C6H6BN3O/c1-3(11)5-6(8)10-4(7)2-9-5/h2H,1H3,(H2,8,10). The van der Waals surface area contributed by atoms with Crippen molar-refractivity contribution in [1.29, 1.82) is 0 Å². The second kappa shape index (κ2) is 2.69. The number of carbonyl (C=O) groups is 1. The third kappa shape index (κ3) is 1.55. The second-order valence-electron chi connectivity index (χ2n) is 2.08. The SMILES string of the molecule is [B]c1cnc(C(C)=O)c(N)n1. The summed E-state index contributed by atoms with van der Waals surface area (Å²) in [7, 11) is 5.26. The van der Waals surface area contributed by atoms with E-state index in [0.717, 1.165) is 0 Å². The van der Waals surface area contributed by atoms with Gasteiger partial charge in [0, 0.05) is 18.7 Å². The third-order valence-electron chi connectivity index (χ3n) is 1.15. The van der Waals surface area contributed by atoms with Gasteiger partial charge in [-0.15, -0.1) is 0 Å². The van der Waals surface area contributed by atoms with Crippen LogP contribution in [0.5, 0.6) is 0 Å². The number of anilines is 1. The van der Waals surface area contributed by atoms with Crippen molar-refractivity contribution >= 4 is 25.0 Å². The molecule has 0 unspecified atom stereocenters. The first-order valence-electron chi connectivity index (χ1n) is 3.00. The van der Waals surface area contributed by atoms with Crippen LogP contribution in [0.25, 0.3) is 0 Å². The van der Waals surface area contributed by atoms with Gasteiger partial charge in [0.25, 0.3) is 0 Å². The lowest BCUT2D eigenvalue weighted by Gasteiger charge is -1.99. The maximum absolute atomic E-state index is 10.8. The van der Waals surface area contributed by atoms with Crippen molar-refractivity contribution in [2.45, 2.75) is 6.92 Å². The van der Waals surface area contributed by atoms with E-state index in [1.165, 1.54) is 13.1 Å². The average Bonchev–Trinajstić information content (AvgIpc) is 1.85. The Kier molecular flexibility index (Phi) is 1.89. The van der Waals surface area contributed by atoms with E-state index in [-0.39, 0.29) is 22.9 Å². The van der Waals surface area contributed by atoms with E-state index in [1.54, 1.807) is 0 Å². The van der Waals surface area contributed by atoms with Crippen LogP contribution in [0.2, 0.25) is 0 Å². The number of ketones is 1. The number of nitrogens with two attached hydrogens (primary N) is 1. The lowest BCUT2D eigenvalue weighted by Crippen LogP contribution is -2.15. The van der Waals surface area contributed by atoms with E-state index < -0.39 is 0 Å². The van der Waals surface area contributed by atoms with Crippen LogP contribution in [-0.2, 0) is 0 Å². The Morgan fingerprint density at radius 2 is 2.36 bits per heavy atom. The molecular weight excluding hydrogens is 141 g/mol. The molecule has 54 valence electrons. The maximum Gasteiger partial charge on any atom is 0.181 e. The molecule has 0 saturated heterocycles. The molecule has 0 aliphatic carbocycles. The Morgan fingerprint density at radius 3 is 2.82 bits per heavy atom. The lowest BCUT2D eigenvalue weighted by atomic mass is 10.1. The Balaban J connectivity index is 3.20. The number of hydrogen-bond donors (Lipinski definition) is 1. The van der Waals surface area contributed by atoms with E-state index in [2.05, 4.69) is 9.97 Å². The smallest absolute Gasteiger partial charge is 0.181 e. The van der Waals surface area contributed by atoms with Crippen LogP contribution in [0.3, 0.4) is 0 Å². The predicted molar refractivity (Wildman–Crippen MR) is 41.8 cm³/mol. The van der Waals surface area contributed by atoms with Gasteiger partial charge in [0.1, 0.15) is 13.5 Å². The summed E-state index contributed by atoms with van der Waals surface area (Å²) in [4.78, 5) is 18.1. The van der Waals surface area contributed by atoms with Gasteiger partial charge in [0.15, 0.2) is 11.6 Å². The highest BCUT2D eigenvalue weighted by atomic mass is 16.1. The van der Waals surface area contributed by atoms with Gasteiger partial charge in [0.2, 0.25) is 0 Å². The van der Waals surface area contributed by atoms with Gasteiger partial charge in [-0.05, 0) is 0 Å². The van der Waals surface area contributed by atoms with Gasteiger partial charge in [-0.1, -0.05) is 0 Å². The molecule has 0 fully saturated rings. The highest BCUT2D eigenvalue weighted by molar-refractivity contribution is 6.30. The Bertz CT molecular complexity index is 300. The summed E-state index contributed by atoms with van der Waals surface area (Å²) in [5.74, 6) is -0.132. The van der Waals surface area contributed by atoms with Gasteiger partial charge in [-0.25, -0.2) is 9.97 Å². The number of nitrogens with zero attached hydrogens (tertiary/aromatic N) is 2. The van der Waals surface area contributed by atoms with E-state index >= 15 is 0 Å². The third-order valence-corrected chi connectivity index (χ3v) is 1.15. The number of aromatic nitrogens is 2. The molecule has 1 aromatic rings. The van der Waals surface area contributed by atoms with Crippen molar-refractivity contribution in [3.63, 3.8) is 0 Å². The molecule has 1 aromatic heterocycles. The summed E-state index contributed by atoms with van der Waals surface area (Å²) in [5.41, 5.74) is 5.73. The largest absolute Gasteiger partial charge is 0.382 e. The first kappa shape index (κ1) is 7.72. The molecule has 2 N–H and O–H groups in total. The van der Waals surface area contributed by atoms with Crippen molar-refractivity contribution < 1.29 is 4.79 Å². The number of carbonyl (C=O) groups excluding carboxylic acids is 1. The molecule has 1 rings (SSSR count). The zero-order chi connectivity index (χ0) is 8.43. The molecule has 1 heterocycles. The summed E-state index contributed by atoms with van der Waals surface area (Å²) < 4.78 is 0. The highest BCUT2D eigenvalue weighted by Gasteiger charge is 2.05. The van der Waals surface area contributed by atoms with Gasteiger partial charge >= 0.3 is 0 Å². The predicted octanol–water partition coefficient (Wildman–Crippen LogP) is -0.945. The fourth-order valence-corrected chi connectivity index (χ4v) is 0.689. The molecule has 0 spiro atoms. The molecule has 5 heteroatoms. The number of Topliss-reactive ketones (excluding diaryl/α,β-unsaturated/α-hetero) is 1. The maximum atomic E-state index is 10.8. The monoisotopic (exact) mass is 147 g/mol. The zero-order valence-electron chi connectivity index (χ0n) is 6.03. The van der Waals surface area contributed by atoms with Crippen LogP contribution in [0.4, 0.5) is 5.82 Å². The topological polar surface area (TPSA) is 68.9 Å². The normalized spacial score (nSPS) is 9.55. The quantitative estimate of drug-likeness (QED) is 0.410. The van der Waals surface area contributed by atoms with Crippen molar-refractivity contribution in [3.8, 4) is 0 Å². The van der Waals surface area contributed by atoms with Crippen LogP contribution in [-0.4, -0.2) is 23.6 Å². The molecule has 0 atom stereocenters. The van der Waals surface area contributed by atoms with E-state index in [9.17, 15) is 4.79 Å². The molecule has 0 aliphatic heterocycles. The summed E-state index contributed by atoms with van der Waals surface area (Å²) in [6.45, 7) is 1.37. The lowest BCUT2D eigenvalue weighted by molar-refractivity contribution is 0.101. The van der Waals surface area contributed by atoms with Crippen LogP contribution < -0.4 is 11.3 Å². The fourth-order valence-electron chi connectivity index (χ4n) is 0.689. The molecule has 11 heavy (non-hydrogen) atoms. The number of nitrogen functional groups attached to an aromatic ring is 1. The van der Waals surface area contributed by atoms with Crippen LogP contribution >= 0.6 is 0 Å². The van der Waals surface area contributed by atoms with E-state index in [0.29, 0.717) is 0 Å². The van der Waals surface area contributed by atoms with Crippen molar-refractivity contribution in [2.24, 2.45) is 0 Å². The minimum absolute atomic E-state index is 0.0810. The summed E-state index contributed by atoms with van der Waals surface area (Å²) in [5, 5.41) is 0. The second-order valence-corrected chi connectivity index (χ2v) is 2.08. The number of hydrogen-bond acceptors (Lipinski definition) is 4. The van der Waals surface area contributed by atoms with Crippen molar-refractivity contribution in [2.75, 3.05) is 5.73 Å². The van der Waals surface area contributed by atoms with Crippen molar-refractivity contribution in [1.82, 2.24) is 9.97 Å². The molecule has 0 bridgehead atoms. The Hall–Kier alpha value is -1.39. The molecule has 0 aliphatic rings. The molecule has 0 amide bonds. The Morgan fingerprint density at radius 1 is 1.73 bits per heavy atom. The summed E-state index contributed by atoms with van der Waals surface area (Å²) >= 11 is 0. The zero-order valence-corrected chi connectivity index (χ0v) is 6.03. The van der Waals surface area contributed by atoms with Gasteiger partial charge in [-0.3, -0.25) is 4.79 Å². The van der Waals surface area contributed by atoms with Crippen LogP contribution in [0.15, 0.2) is 6.20 Å². The molecular formula is C6H6BN3O. The van der Waals surface area contributed by atoms with Gasteiger partial charge in [-0.2, -0.15) is 0 Å². The number of rotatable bonds is 1. The van der Waals surface area contributed by atoms with Crippen LogP contribution in [0, 0.1) is 0 Å². The molecule has 0 saturated carbocycles. The molecule has 2 radical (unpaired) electrons. The van der Waals surface area contributed by atoms with E-state index in [4.69, 9.17) is 13.6 Å².